The highest BCUT2D eigenvalue weighted by Gasteiger charge is 2.28. The zero-order valence-corrected chi connectivity index (χ0v) is 10.1. The molecular formula is C13H16O5. The van der Waals surface area contributed by atoms with Gasteiger partial charge in [0.2, 0.25) is 0 Å². The molecule has 1 heterocycles. The van der Waals surface area contributed by atoms with Gasteiger partial charge in [0, 0.05) is 6.42 Å². The quantitative estimate of drug-likeness (QED) is 0.741. The molecule has 0 saturated carbocycles. The molecule has 98 valence electrons. The van der Waals surface area contributed by atoms with E-state index in [1.807, 2.05) is 6.07 Å². The molecule has 1 aromatic rings. The number of carbonyl (C=O) groups excluding carboxylic acids is 1. The molecule has 2 N–H and O–H groups in total. The Morgan fingerprint density at radius 1 is 1.61 bits per heavy atom. The van der Waals surface area contributed by atoms with Crippen molar-refractivity contribution in [2.75, 3.05) is 13.7 Å². The summed E-state index contributed by atoms with van der Waals surface area (Å²) < 4.78 is 10.1. The Kier molecular flexibility index (Phi) is 3.84. The van der Waals surface area contributed by atoms with Gasteiger partial charge in [0.15, 0.2) is 0 Å². The van der Waals surface area contributed by atoms with Gasteiger partial charge in [-0.3, -0.25) is 4.79 Å². The van der Waals surface area contributed by atoms with Crippen LogP contribution in [0.15, 0.2) is 18.2 Å². The van der Waals surface area contributed by atoms with E-state index in [0.29, 0.717) is 12.2 Å². The Morgan fingerprint density at radius 3 is 3.06 bits per heavy atom. The largest absolute Gasteiger partial charge is 0.487 e. The van der Waals surface area contributed by atoms with Crippen molar-refractivity contribution in [1.29, 1.82) is 0 Å². The molecule has 0 fully saturated rings. The molecular weight excluding hydrogens is 236 g/mol. The van der Waals surface area contributed by atoms with E-state index in [0.717, 1.165) is 11.1 Å². The molecule has 2 atom stereocenters. The van der Waals surface area contributed by atoms with Crippen LogP contribution in [0, 0.1) is 0 Å². The Balaban J connectivity index is 2.09. The van der Waals surface area contributed by atoms with Gasteiger partial charge < -0.3 is 19.7 Å². The third-order valence-electron chi connectivity index (χ3n) is 3.02. The lowest BCUT2D eigenvalue weighted by atomic mass is 10.0. The maximum Gasteiger partial charge on any atom is 0.309 e. The van der Waals surface area contributed by atoms with Crippen LogP contribution in [-0.4, -0.2) is 42.1 Å². The molecule has 2 rings (SSSR count). The first-order valence-electron chi connectivity index (χ1n) is 5.78. The summed E-state index contributed by atoms with van der Waals surface area (Å²) in [5, 5.41) is 18.4. The Labute approximate surface area is 105 Å². The molecule has 0 bridgehead atoms. The first kappa shape index (κ1) is 12.9. The topological polar surface area (TPSA) is 76.0 Å². The summed E-state index contributed by atoms with van der Waals surface area (Å²) in [5.41, 5.74) is 1.79. The molecule has 0 amide bonds. The van der Waals surface area contributed by atoms with Crippen LogP contribution in [0.4, 0.5) is 0 Å². The standard InChI is InChI=1S/C13H16O5/c1-17-13(16)5-8-2-3-11-9(4-8)6-12(18-11)10(15)7-14/h2-4,10,12,14-15H,5-7H2,1H3. The molecule has 5 nitrogen and oxygen atoms in total. The van der Waals surface area contributed by atoms with Crippen molar-refractivity contribution in [1.82, 2.24) is 0 Å². The zero-order chi connectivity index (χ0) is 13.1. The van der Waals surface area contributed by atoms with E-state index in [1.165, 1.54) is 7.11 Å². The normalized spacial score (nSPS) is 18.9. The maximum atomic E-state index is 11.2. The highest BCUT2D eigenvalue weighted by molar-refractivity contribution is 5.72. The van der Waals surface area contributed by atoms with E-state index in [4.69, 9.17) is 9.84 Å². The van der Waals surface area contributed by atoms with Gasteiger partial charge in [0.05, 0.1) is 20.1 Å². The number of esters is 1. The number of fused-ring (bicyclic) bond motifs is 1. The molecule has 1 aliphatic rings. The summed E-state index contributed by atoms with van der Waals surface area (Å²) >= 11 is 0. The number of aliphatic hydroxyl groups is 2. The molecule has 1 aliphatic heterocycles. The fraction of sp³-hybridized carbons (Fsp3) is 0.462. The number of aliphatic hydroxyl groups excluding tert-OH is 2. The molecule has 18 heavy (non-hydrogen) atoms. The number of ether oxygens (including phenoxy) is 2. The molecule has 0 aliphatic carbocycles. The van der Waals surface area contributed by atoms with Crippen molar-refractivity contribution in [3.8, 4) is 5.75 Å². The Morgan fingerprint density at radius 2 is 2.39 bits per heavy atom. The van der Waals surface area contributed by atoms with Crippen LogP contribution in [0.2, 0.25) is 0 Å². The van der Waals surface area contributed by atoms with Gasteiger partial charge in [0.25, 0.3) is 0 Å². The summed E-state index contributed by atoms with van der Waals surface area (Å²) in [6, 6.07) is 5.44. The lowest BCUT2D eigenvalue weighted by molar-refractivity contribution is -0.139. The zero-order valence-electron chi connectivity index (χ0n) is 10.1. The number of hydrogen-bond donors (Lipinski definition) is 2. The van der Waals surface area contributed by atoms with Gasteiger partial charge in [-0.05, 0) is 17.2 Å². The monoisotopic (exact) mass is 252 g/mol. The lowest BCUT2D eigenvalue weighted by Gasteiger charge is -2.14. The summed E-state index contributed by atoms with van der Waals surface area (Å²) in [7, 11) is 1.35. The number of rotatable bonds is 4. The van der Waals surface area contributed by atoms with Crippen LogP contribution in [0.25, 0.3) is 0 Å². The molecule has 0 spiro atoms. The Hall–Kier alpha value is -1.59. The predicted octanol–water partition coefficient (Wildman–Crippen LogP) is 0.0588. The van der Waals surface area contributed by atoms with E-state index in [-0.39, 0.29) is 19.0 Å². The number of hydrogen-bond acceptors (Lipinski definition) is 5. The first-order valence-corrected chi connectivity index (χ1v) is 5.78. The second-order valence-corrected chi connectivity index (χ2v) is 4.31. The van der Waals surface area contributed by atoms with Crippen molar-refractivity contribution >= 4 is 5.97 Å². The third kappa shape index (κ3) is 2.63. The lowest BCUT2D eigenvalue weighted by Crippen LogP contribution is -2.32. The minimum absolute atomic E-state index is 0.219. The summed E-state index contributed by atoms with van der Waals surface area (Å²) in [4.78, 5) is 11.2. The smallest absolute Gasteiger partial charge is 0.309 e. The van der Waals surface area contributed by atoms with Crippen molar-refractivity contribution in [3.63, 3.8) is 0 Å². The summed E-state index contributed by atoms with van der Waals surface area (Å²) in [6.07, 6.45) is -0.553. The minimum Gasteiger partial charge on any atom is -0.487 e. The summed E-state index contributed by atoms with van der Waals surface area (Å²) in [5.74, 6) is 0.405. The van der Waals surface area contributed by atoms with Crippen molar-refractivity contribution in [3.05, 3.63) is 29.3 Å². The third-order valence-corrected chi connectivity index (χ3v) is 3.02. The highest BCUT2D eigenvalue weighted by atomic mass is 16.5. The van der Waals surface area contributed by atoms with E-state index in [9.17, 15) is 9.90 Å². The van der Waals surface area contributed by atoms with E-state index in [2.05, 4.69) is 4.74 Å². The second kappa shape index (κ2) is 5.37. The van der Waals surface area contributed by atoms with Crippen LogP contribution < -0.4 is 4.74 Å². The Bertz CT molecular complexity index is 443. The van der Waals surface area contributed by atoms with Crippen LogP contribution in [0.3, 0.4) is 0 Å². The van der Waals surface area contributed by atoms with Crippen molar-refractivity contribution in [2.24, 2.45) is 0 Å². The molecule has 2 unspecified atom stereocenters. The molecule has 0 radical (unpaired) electrons. The average Bonchev–Trinajstić information content (AvgIpc) is 2.80. The average molecular weight is 252 g/mol. The van der Waals surface area contributed by atoms with Gasteiger partial charge >= 0.3 is 5.97 Å². The van der Waals surface area contributed by atoms with E-state index in [1.54, 1.807) is 12.1 Å². The number of benzene rings is 1. The first-order chi connectivity index (χ1) is 8.63. The van der Waals surface area contributed by atoms with Gasteiger partial charge in [-0.1, -0.05) is 12.1 Å². The molecule has 0 aromatic heterocycles. The van der Waals surface area contributed by atoms with Gasteiger partial charge in [0.1, 0.15) is 18.0 Å². The van der Waals surface area contributed by atoms with Gasteiger partial charge in [-0.2, -0.15) is 0 Å². The highest BCUT2D eigenvalue weighted by Crippen LogP contribution is 2.31. The summed E-state index contributed by atoms with van der Waals surface area (Å²) in [6.45, 7) is -0.326. The van der Waals surface area contributed by atoms with Crippen LogP contribution in [-0.2, 0) is 22.4 Å². The van der Waals surface area contributed by atoms with Crippen molar-refractivity contribution < 1.29 is 24.5 Å². The maximum absolute atomic E-state index is 11.2. The second-order valence-electron chi connectivity index (χ2n) is 4.31. The van der Waals surface area contributed by atoms with Gasteiger partial charge in [-0.15, -0.1) is 0 Å². The molecule has 5 heteroatoms. The molecule has 1 aromatic carbocycles. The number of methoxy groups -OCH3 is 1. The van der Waals surface area contributed by atoms with Crippen molar-refractivity contribution in [2.45, 2.75) is 25.0 Å². The van der Waals surface area contributed by atoms with E-state index >= 15 is 0 Å². The minimum atomic E-state index is -0.888. The fourth-order valence-electron chi connectivity index (χ4n) is 2.01. The van der Waals surface area contributed by atoms with Crippen LogP contribution in [0.1, 0.15) is 11.1 Å². The number of carbonyl (C=O) groups is 1. The molecule has 0 saturated heterocycles. The SMILES string of the molecule is COC(=O)Cc1ccc2c(c1)CC(C(O)CO)O2. The van der Waals surface area contributed by atoms with Gasteiger partial charge in [-0.25, -0.2) is 0 Å². The fourth-order valence-corrected chi connectivity index (χ4v) is 2.01. The predicted molar refractivity (Wildman–Crippen MR) is 63.4 cm³/mol. The van der Waals surface area contributed by atoms with E-state index < -0.39 is 12.2 Å². The van der Waals surface area contributed by atoms with Crippen LogP contribution in [0.5, 0.6) is 5.75 Å². The van der Waals surface area contributed by atoms with Crippen LogP contribution >= 0.6 is 0 Å².